The van der Waals surface area contributed by atoms with Crippen molar-refractivity contribution in [1.29, 1.82) is 5.26 Å². The number of aliphatic hydroxyl groups excluding tert-OH is 1. The van der Waals surface area contributed by atoms with Gasteiger partial charge in [-0.3, -0.25) is 0 Å². The van der Waals surface area contributed by atoms with Gasteiger partial charge in [-0.05, 0) is 25.2 Å². The van der Waals surface area contributed by atoms with Crippen molar-refractivity contribution in [3.05, 3.63) is 0 Å². The van der Waals surface area contributed by atoms with Gasteiger partial charge in [0, 0.05) is 18.7 Å². The lowest BCUT2D eigenvalue weighted by atomic mass is 10.0. The van der Waals surface area contributed by atoms with Gasteiger partial charge in [-0.25, -0.2) is 0 Å². The predicted octanol–water partition coefficient (Wildman–Crippen LogP) is 1.43. The number of hydrogen-bond acceptors (Lipinski definition) is 3. The van der Waals surface area contributed by atoms with Gasteiger partial charge in [-0.1, -0.05) is 13.3 Å². The van der Waals surface area contributed by atoms with Crippen LogP contribution in [0.1, 0.15) is 39.0 Å². The first kappa shape index (κ1) is 11.5. The highest BCUT2D eigenvalue weighted by Gasteiger charge is 2.27. The fourth-order valence-electron chi connectivity index (χ4n) is 2.21. The maximum atomic E-state index is 9.15. The third-order valence-electron chi connectivity index (χ3n) is 3.17. The molecule has 0 aliphatic heterocycles. The SMILES string of the molecule is CCC(CC#N)NC1CCCC1CO. The summed E-state index contributed by atoms with van der Waals surface area (Å²) in [5.74, 6) is 0.405. The average molecular weight is 196 g/mol. The molecular formula is C11H20N2O. The molecule has 14 heavy (non-hydrogen) atoms. The Morgan fingerprint density at radius 1 is 1.57 bits per heavy atom. The van der Waals surface area contributed by atoms with E-state index in [4.69, 9.17) is 10.4 Å². The van der Waals surface area contributed by atoms with Crippen molar-refractivity contribution in [2.45, 2.75) is 51.1 Å². The molecule has 0 bridgehead atoms. The van der Waals surface area contributed by atoms with Crippen molar-refractivity contribution in [2.24, 2.45) is 5.92 Å². The molecule has 3 heteroatoms. The normalized spacial score (nSPS) is 28.6. The van der Waals surface area contributed by atoms with Gasteiger partial charge in [0.2, 0.25) is 0 Å². The summed E-state index contributed by atoms with van der Waals surface area (Å²) >= 11 is 0. The van der Waals surface area contributed by atoms with Crippen molar-refractivity contribution in [3.63, 3.8) is 0 Å². The molecule has 1 rings (SSSR count). The second-order valence-corrected chi connectivity index (χ2v) is 4.11. The highest BCUT2D eigenvalue weighted by atomic mass is 16.3. The molecule has 0 spiro atoms. The second kappa shape index (κ2) is 6.00. The minimum Gasteiger partial charge on any atom is -0.396 e. The van der Waals surface area contributed by atoms with Crippen molar-refractivity contribution in [3.8, 4) is 6.07 Å². The van der Waals surface area contributed by atoms with Crippen LogP contribution < -0.4 is 5.32 Å². The molecule has 3 atom stereocenters. The van der Waals surface area contributed by atoms with E-state index in [9.17, 15) is 0 Å². The summed E-state index contributed by atoms with van der Waals surface area (Å²) in [6, 6.07) is 2.93. The molecule has 0 radical (unpaired) electrons. The van der Waals surface area contributed by atoms with E-state index in [0.29, 0.717) is 24.4 Å². The first-order valence-corrected chi connectivity index (χ1v) is 5.55. The Kier molecular flexibility index (Phi) is 4.92. The quantitative estimate of drug-likeness (QED) is 0.699. The van der Waals surface area contributed by atoms with E-state index in [1.807, 2.05) is 0 Å². The number of rotatable bonds is 5. The third kappa shape index (κ3) is 2.97. The molecule has 80 valence electrons. The summed E-state index contributed by atoms with van der Waals surface area (Å²) in [5.41, 5.74) is 0. The second-order valence-electron chi connectivity index (χ2n) is 4.11. The van der Waals surface area contributed by atoms with E-state index in [2.05, 4.69) is 18.3 Å². The summed E-state index contributed by atoms with van der Waals surface area (Å²) in [5, 5.41) is 21.3. The van der Waals surface area contributed by atoms with Crippen LogP contribution in [0.3, 0.4) is 0 Å². The molecule has 0 aromatic rings. The first-order valence-electron chi connectivity index (χ1n) is 5.55. The average Bonchev–Trinajstić information content (AvgIpc) is 2.64. The minimum atomic E-state index is 0.278. The van der Waals surface area contributed by atoms with Crippen LogP contribution in [-0.4, -0.2) is 23.8 Å². The van der Waals surface area contributed by atoms with Crippen LogP contribution in [0.25, 0.3) is 0 Å². The van der Waals surface area contributed by atoms with E-state index in [1.165, 1.54) is 6.42 Å². The van der Waals surface area contributed by atoms with Crippen LogP contribution in [0, 0.1) is 17.2 Å². The van der Waals surface area contributed by atoms with Gasteiger partial charge in [0.1, 0.15) is 0 Å². The summed E-state index contributed by atoms with van der Waals surface area (Å²) in [4.78, 5) is 0. The topological polar surface area (TPSA) is 56.0 Å². The Bertz CT molecular complexity index is 200. The number of nitriles is 1. The lowest BCUT2D eigenvalue weighted by Crippen LogP contribution is -2.41. The Balaban J connectivity index is 2.37. The van der Waals surface area contributed by atoms with E-state index >= 15 is 0 Å². The summed E-state index contributed by atoms with van der Waals surface area (Å²) in [6.07, 6.45) is 5.03. The van der Waals surface area contributed by atoms with Gasteiger partial charge in [0.15, 0.2) is 0 Å². The van der Waals surface area contributed by atoms with Crippen LogP contribution in [0.15, 0.2) is 0 Å². The van der Waals surface area contributed by atoms with Crippen LogP contribution >= 0.6 is 0 Å². The van der Waals surface area contributed by atoms with E-state index < -0.39 is 0 Å². The summed E-state index contributed by atoms with van der Waals surface area (Å²) in [6.45, 7) is 2.37. The van der Waals surface area contributed by atoms with Crippen LogP contribution in [0.2, 0.25) is 0 Å². The number of hydrogen-bond donors (Lipinski definition) is 2. The molecule has 3 unspecified atom stereocenters. The van der Waals surface area contributed by atoms with Gasteiger partial charge in [-0.2, -0.15) is 5.26 Å². The van der Waals surface area contributed by atoms with Gasteiger partial charge >= 0.3 is 0 Å². The maximum absolute atomic E-state index is 9.15. The standard InChI is InChI=1S/C11H20N2O/c1-2-10(6-7-12)13-11-5-3-4-9(11)8-14/h9-11,13-14H,2-6,8H2,1H3. The zero-order valence-corrected chi connectivity index (χ0v) is 8.87. The molecule has 1 saturated carbocycles. The minimum absolute atomic E-state index is 0.278. The fraction of sp³-hybridized carbons (Fsp3) is 0.909. The van der Waals surface area contributed by atoms with E-state index in [-0.39, 0.29) is 6.61 Å². The molecule has 0 saturated heterocycles. The van der Waals surface area contributed by atoms with Gasteiger partial charge in [-0.15, -0.1) is 0 Å². The zero-order valence-electron chi connectivity index (χ0n) is 8.87. The predicted molar refractivity (Wildman–Crippen MR) is 55.7 cm³/mol. The molecule has 0 aromatic heterocycles. The van der Waals surface area contributed by atoms with E-state index in [0.717, 1.165) is 19.3 Å². The lowest BCUT2D eigenvalue weighted by molar-refractivity contribution is 0.199. The number of aliphatic hydroxyl groups is 1. The number of nitrogens with one attached hydrogen (secondary N) is 1. The fourth-order valence-corrected chi connectivity index (χ4v) is 2.21. The van der Waals surface area contributed by atoms with Crippen molar-refractivity contribution >= 4 is 0 Å². The van der Waals surface area contributed by atoms with Crippen molar-refractivity contribution in [1.82, 2.24) is 5.32 Å². The molecule has 1 aliphatic carbocycles. The summed E-state index contributed by atoms with van der Waals surface area (Å²) in [7, 11) is 0. The highest BCUT2D eigenvalue weighted by molar-refractivity contribution is 4.88. The van der Waals surface area contributed by atoms with Crippen molar-refractivity contribution < 1.29 is 5.11 Å². The van der Waals surface area contributed by atoms with Crippen LogP contribution in [0.4, 0.5) is 0 Å². The van der Waals surface area contributed by atoms with Gasteiger partial charge < -0.3 is 10.4 Å². The smallest absolute Gasteiger partial charge is 0.0638 e. The Morgan fingerprint density at radius 2 is 2.36 bits per heavy atom. The zero-order chi connectivity index (χ0) is 10.4. The van der Waals surface area contributed by atoms with Gasteiger partial charge in [0.25, 0.3) is 0 Å². The summed E-state index contributed by atoms with van der Waals surface area (Å²) < 4.78 is 0. The molecule has 1 fully saturated rings. The van der Waals surface area contributed by atoms with E-state index in [1.54, 1.807) is 0 Å². The molecule has 0 heterocycles. The number of nitrogens with zero attached hydrogens (tertiary/aromatic N) is 1. The highest BCUT2D eigenvalue weighted by Crippen LogP contribution is 2.25. The molecule has 1 aliphatic rings. The molecule has 0 aromatic carbocycles. The lowest BCUT2D eigenvalue weighted by Gasteiger charge is -2.24. The molecule has 0 amide bonds. The van der Waals surface area contributed by atoms with Crippen LogP contribution in [-0.2, 0) is 0 Å². The Hall–Kier alpha value is -0.590. The van der Waals surface area contributed by atoms with Gasteiger partial charge in [0.05, 0.1) is 12.5 Å². The monoisotopic (exact) mass is 196 g/mol. The Labute approximate surface area is 86.1 Å². The molecule has 2 N–H and O–H groups in total. The maximum Gasteiger partial charge on any atom is 0.0638 e. The molecular weight excluding hydrogens is 176 g/mol. The van der Waals surface area contributed by atoms with Crippen LogP contribution in [0.5, 0.6) is 0 Å². The Morgan fingerprint density at radius 3 is 2.93 bits per heavy atom. The largest absolute Gasteiger partial charge is 0.396 e. The molecule has 3 nitrogen and oxygen atoms in total. The van der Waals surface area contributed by atoms with Crippen molar-refractivity contribution in [2.75, 3.05) is 6.61 Å². The first-order chi connectivity index (χ1) is 6.81. The third-order valence-corrected chi connectivity index (χ3v) is 3.17.